The maximum absolute atomic E-state index is 11.7. The van der Waals surface area contributed by atoms with Crippen LogP contribution < -0.4 is 11.1 Å². The summed E-state index contributed by atoms with van der Waals surface area (Å²) < 4.78 is 23.4. The van der Waals surface area contributed by atoms with Gasteiger partial charge in [-0.1, -0.05) is 49.4 Å². The van der Waals surface area contributed by atoms with Gasteiger partial charge in [0.15, 0.2) is 15.7 Å². The molecule has 0 spiro atoms. The number of nitrogens with zero attached hydrogens (tertiary/aromatic N) is 2. The minimum Gasteiger partial charge on any atom is -0.382 e. The summed E-state index contributed by atoms with van der Waals surface area (Å²) in [7, 11) is -3.12. The van der Waals surface area contributed by atoms with E-state index in [1.54, 1.807) is 0 Å². The quantitative estimate of drug-likeness (QED) is 0.636. The fraction of sp³-hybridized carbons (Fsp3) is 0.238. The number of allylic oxidation sites excluding steroid dienone is 1. The van der Waals surface area contributed by atoms with Crippen LogP contribution in [-0.4, -0.2) is 24.6 Å². The van der Waals surface area contributed by atoms with Gasteiger partial charge in [0.2, 0.25) is 0 Å². The lowest BCUT2D eigenvalue weighted by Crippen LogP contribution is -2.17. The van der Waals surface area contributed by atoms with Gasteiger partial charge in [0.1, 0.15) is 5.69 Å². The Hall–Kier alpha value is -2.93. The summed E-state index contributed by atoms with van der Waals surface area (Å²) in [6, 6.07) is 15.1. The lowest BCUT2D eigenvalue weighted by atomic mass is 10.1. The number of hydrogen-bond donors (Lipinski definition) is 2. The second-order valence-corrected chi connectivity index (χ2v) is 8.80. The van der Waals surface area contributed by atoms with E-state index in [2.05, 4.69) is 15.3 Å². The van der Waals surface area contributed by atoms with Crippen LogP contribution in [0.15, 0.2) is 54.6 Å². The second kappa shape index (κ2) is 8.39. The zero-order valence-electron chi connectivity index (χ0n) is 16.0. The fourth-order valence-electron chi connectivity index (χ4n) is 3.01. The molecular weight excluding hydrogens is 372 g/mol. The third-order valence-corrected chi connectivity index (χ3v) is 5.10. The first-order valence-electron chi connectivity index (χ1n) is 9.08. The third kappa shape index (κ3) is 4.86. The van der Waals surface area contributed by atoms with Crippen molar-refractivity contribution in [3.8, 4) is 0 Å². The molecule has 0 amide bonds. The van der Waals surface area contributed by atoms with Crippen molar-refractivity contribution in [3.05, 3.63) is 71.4 Å². The molecule has 1 aromatic heterocycles. The molecule has 0 saturated heterocycles. The number of anilines is 1. The molecule has 3 aromatic rings. The summed E-state index contributed by atoms with van der Waals surface area (Å²) in [6.45, 7) is 2.50. The Morgan fingerprint density at radius 2 is 1.64 bits per heavy atom. The number of sulfone groups is 1. The normalized spacial score (nSPS) is 12.3. The molecule has 0 saturated carbocycles. The van der Waals surface area contributed by atoms with Gasteiger partial charge in [-0.2, -0.15) is 0 Å². The maximum Gasteiger partial charge on any atom is 0.152 e. The van der Waals surface area contributed by atoms with Gasteiger partial charge in [0.05, 0.1) is 22.5 Å². The molecule has 0 atom stereocenters. The van der Waals surface area contributed by atoms with Gasteiger partial charge in [-0.25, -0.2) is 18.4 Å². The number of aromatic nitrogens is 2. The van der Waals surface area contributed by atoms with Gasteiger partial charge in [-0.05, 0) is 29.7 Å². The van der Waals surface area contributed by atoms with Crippen LogP contribution in [0.1, 0.15) is 30.2 Å². The van der Waals surface area contributed by atoms with Crippen LogP contribution in [0.5, 0.6) is 0 Å². The van der Waals surface area contributed by atoms with Crippen molar-refractivity contribution in [1.82, 2.24) is 15.3 Å². The summed E-state index contributed by atoms with van der Waals surface area (Å²) >= 11 is 0. The zero-order valence-corrected chi connectivity index (χ0v) is 16.8. The Morgan fingerprint density at radius 3 is 2.29 bits per heavy atom. The summed E-state index contributed by atoms with van der Waals surface area (Å²) in [4.78, 5) is 9.13. The minimum absolute atomic E-state index is 0.00952. The number of para-hydroxylation sites is 2. The molecule has 7 heteroatoms. The number of hydrogen-bond acceptors (Lipinski definition) is 6. The first kappa shape index (κ1) is 19.8. The summed E-state index contributed by atoms with van der Waals surface area (Å²) in [5.74, 6) is 0.366. The van der Waals surface area contributed by atoms with Gasteiger partial charge in [0, 0.05) is 12.8 Å². The lowest BCUT2D eigenvalue weighted by Gasteiger charge is -2.15. The van der Waals surface area contributed by atoms with Crippen LogP contribution in [0.2, 0.25) is 0 Å². The smallest absolute Gasteiger partial charge is 0.152 e. The molecule has 0 unspecified atom stereocenters. The number of benzene rings is 2. The third-order valence-electron chi connectivity index (χ3n) is 4.27. The number of nitrogens with one attached hydrogen (secondary N) is 1. The predicted octanol–water partition coefficient (Wildman–Crippen LogP) is 3.30. The van der Waals surface area contributed by atoms with Crippen molar-refractivity contribution in [1.29, 1.82) is 0 Å². The second-order valence-electron chi connectivity index (χ2n) is 6.66. The van der Waals surface area contributed by atoms with Crippen molar-refractivity contribution in [3.63, 3.8) is 0 Å². The highest BCUT2D eigenvalue weighted by molar-refractivity contribution is 7.89. The van der Waals surface area contributed by atoms with Gasteiger partial charge >= 0.3 is 0 Å². The van der Waals surface area contributed by atoms with E-state index in [9.17, 15) is 8.42 Å². The monoisotopic (exact) mass is 396 g/mol. The van der Waals surface area contributed by atoms with Crippen molar-refractivity contribution >= 4 is 32.4 Å². The fourth-order valence-corrected chi connectivity index (χ4v) is 3.86. The van der Waals surface area contributed by atoms with Gasteiger partial charge in [-0.15, -0.1) is 0 Å². The molecule has 3 rings (SSSR count). The van der Waals surface area contributed by atoms with Crippen LogP contribution in [0.4, 0.5) is 5.82 Å². The number of nitrogens with two attached hydrogens (primary N) is 1. The van der Waals surface area contributed by atoms with Crippen molar-refractivity contribution in [2.75, 3.05) is 12.0 Å². The maximum atomic E-state index is 11.7. The summed E-state index contributed by atoms with van der Waals surface area (Å²) in [5, 5.41) is 3.37. The van der Waals surface area contributed by atoms with Crippen molar-refractivity contribution in [2.24, 2.45) is 0 Å². The van der Waals surface area contributed by atoms with E-state index in [1.165, 1.54) is 6.26 Å². The molecule has 2 aromatic carbocycles. The average molecular weight is 397 g/mol. The van der Waals surface area contributed by atoms with E-state index in [0.717, 1.165) is 34.3 Å². The van der Waals surface area contributed by atoms with Crippen LogP contribution in [-0.2, 0) is 22.1 Å². The Balaban J connectivity index is 1.90. The molecular formula is C21H24N4O2S. The molecule has 0 aliphatic heterocycles. The molecule has 0 aliphatic carbocycles. The summed E-state index contributed by atoms with van der Waals surface area (Å²) in [5.41, 5.74) is 10.8. The molecule has 1 heterocycles. The zero-order chi connectivity index (χ0) is 20.1. The first-order chi connectivity index (χ1) is 13.4. The Kier molecular flexibility index (Phi) is 5.94. The van der Waals surface area contributed by atoms with Crippen LogP contribution >= 0.6 is 0 Å². The highest BCUT2D eigenvalue weighted by atomic mass is 32.2. The van der Waals surface area contributed by atoms with Crippen molar-refractivity contribution in [2.45, 2.75) is 25.6 Å². The Labute approximate surface area is 165 Å². The summed E-state index contributed by atoms with van der Waals surface area (Å²) in [6.07, 6.45) is 4.04. The van der Waals surface area contributed by atoms with E-state index in [1.807, 2.05) is 61.5 Å². The number of fused-ring (bicyclic) bond motifs is 1. The molecule has 28 heavy (non-hydrogen) atoms. The Bertz CT molecular complexity index is 1120. The SMILES string of the molecule is CC/C=C(/NCc1ccccc1CS(C)(=O)=O)c1nc2ccccc2nc1N. The average Bonchev–Trinajstić information content (AvgIpc) is 2.64. The number of nitrogen functional groups attached to an aromatic ring is 1. The minimum atomic E-state index is -3.12. The predicted molar refractivity (Wildman–Crippen MR) is 114 cm³/mol. The van der Waals surface area contributed by atoms with Gasteiger partial charge < -0.3 is 11.1 Å². The molecule has 0 aliphatic rings. The van der Waals surface area contributed by atoms with E-state index >= 15 is 0 Å². The van der Waals surface area contributed by atoms with E-state index in [4.69, 9.17) is 5.73 Å². The van der Waals surface area contributed by atoms with E-state index < -0.39 is 9.84 Å². The first-order valence-corrected chi connectivity index (χ1v) is 11.1. The van der Waals surface area contributed by atoms with Crippen molar-refractivity contribution < 1.29 is 8.42 Å². The Morgan fingerprint density at radius 1 is 1.04 bits per heavy atom. The molecule has 0 fully saturated rings. The standard InChI is InChI=1S/C21H24N4O2S/c1-3-8-19(20-21(22)25-18-12-7-6-11-17(18)24-20)23-13-15-9-4-5-10-16(15)14-28(2,26)27/h4-12,23H,3,13-14H2,1-2H3,(H2,22,25)/b19-8+. The lowest BCUT2D eigenvalue weighted by molar-refractivity contribution is 0.601. The van der Waals surface area contributed by atoms with Crippen LogP contribution in [0.25, 0.3) is 16.7 Å². The van der Waals surface area contributed by atoms with Crippen LogP contribution in [0.3, 0.4) is 0 Å². The van der Waals surface area contributed by atoms with E-state index in [-0.39, 0.29) is 5.75 Å². The topological polar surface area (TPSA) is 98.0 Å². The molecule has 146 valence electrons. The van der Waals surface area contributed by atoms with Gasteiger partial charge in [0.25, 0.3) is 0 Å². The molecule has 3 N–H and O–H groups in total. The highest BCUT2D eigenvalue weighted by Gasteiger charge is 2.13. The molecule has 0 radical (unpaired) electrons. The molecule has 0 bridgehead atoms. The number of rotatable bonds is 7. The molecule has 6 nitrogen and oxygen atoms in total. The highest BCUT2D eigenvalue weighted by Crippen LogP contribution is 2.21. The van der Waals surface area contributed by atoms with Crippen LogP contribution in [0, 0.1) is 0 Å². The van der Waals surface area contributed by atoms with Gasteiger partial charge in [-0.3, -0.25) is 0 Å². The largest absolute Gasteiger partial charge is 0.382 e. The van der Waals surface area contributed by atoms with E-state index in [0.29, 0.717) is 18.1 Å².